The van der Waals surface area contributed by atoms with Gasteiger partial charge in [-0.2, -0.15) is 0 Å². The maximum Gasteiger partial charge on any atom is 0.348 e. The van der Waals surface area contributed by atoms with Gasteiger partial charge in [0.25, 0.3) is 5.91 Å². The summed E-state index contributed by atoms with van der Waals surface area (Å²) in [4.78, 5) is 26.7. The van der Waals surface area contributed by atoms with Gasteiger partial charge in [-0.3, -0.25) is 9.69 Å². The summed E-state index contributed by atoms with van der Waals surface area (Å²) in [5.74, 6) is -0.759. The minimum atomic E-state index is -1.94. The lowest BCUT2D eigenvalue weighted by molar-refractivity contribution is 0.0131. The summed E-state index contributed by atoms with van der Waals surface area (Å²) < 4.78 is 11.2. The molecule has 0 radical (unpaired) electrons. The van der Waals surface area contributed by atoms with Gasteiger partial charge in [-0.25, -0.2) is 4.79 Å². The van der Waals surface area contributed by atoms with Crippen molar-refractivity contribution in [3.05, 3.63) is 16.0 Å². The minimum absolute atomic E-state index is 0.0709. The molecule has 152 valence electrons. The largest absolute Gasteiger partial charge is 0.462 e. The van der Waals surface area contributed by atoms with E-state index in [0.717, 1.165) is 11.3 Å². The number of nitrogens with zero attached hydrogens (tertiary/aromatic N) is 1. The molecule has 7 nitrogen and oxygen atoms in total. The normalized spacial score (nSPS) is 17.6. The predicted molar refractivity (Wildman–Crippen MR) is 109 cm³/mol. The Morgan fingerprint density at radius 3 is 2.56 bits per heavy atom. The van der Waals surface area contributed by atoms with Gasteiger partial charge in [0.1, 0.15) is 9.88 Å². The van der Waals surface area contributed by atoms with E-state index in [1.165, 1.54) is 4.90 Å². The Kier molecular flexibility index (Phi) is 6.40. The van der Waals surface area contributed by atoms with Crippen LogP contribution in [0.15, 0.2) is 0 Å². The molecule has 0 aliphatic carbocycles. The fourth-order valence-corrected chi connectivity index (χ4v) is 4.70. The highest BCUT2D eigenvalue weighted by Gasteiger charge is 2.39. The van der Waals surface area contributed by atoms with Crippen molar-refractivity contribution in [3.8, 4) is 0 Å². The molecule has 1 atom stereocenters. The zero-order valence-electron chi connectivity index (χ0n) is 17.1. The summed E-state index contributed by atoms with van der Waals surface area (Å²) >= 11 is 1.13. The fraction of sp³-hybridized carbons (Fsp3) is 0.667. The zero-order chi connectivity index (χ0) is 20.6. The van der Waals surface area contributed by atoms with Crippen molar-refractivity contribution < 1.29 is 23.9 Å². The molecule has 0 spiro atoms. The van der Waals surface area contributed by atoms with Gasteiger partial charge in [0.05, 0.1) is 18.8 Å². The van der Waals surface area contributed by atoms with Gasteiger partial charge in [0.2, 0.25) is 6.35 Å². The number of aliphatic hydroxyl groups is 1. The summed E-state index contributed by atoms with van der Waals surface area (Å²) in [5, 5.41) is 13.8. The fourth-order valence-electron chi connectivity index (χ4n) is 2.55. The van der Waals surface area contributed by atoms with Crippen LogP contribution in [0.5, 0.6) is 0 Å². The molecule has 0 fully saturated rings. The maximum atomic E-state index is 12.9. The van der Waals surface area contributed by atoms with Crippen molar-refractivity contribution in [3.63, 3.8) is 0 Å². The van der Waals surface area contributed by atoms with Crippen molar-refractivity contribution >= 4 is 36.5 Å². The van der Waals surface area contributed by atoms with E-state index >= 15 is 0 Å². The van der Waals surface area contributed by atoms with Gasteiger partial charge in [0, 0.05) is 6.54 Å². The van der Waals surface area contributed by atoms with E-state index < -0.39 is 20.6 Å². The summed E-state index contributed by atoms with van der Waals surface area (Å²) in [6, 6.07) is 0. The first kappa shape index (κ1) is 21.9. The molecular formula is C18H30N2O5SSi. The molecule has 2 rings (SSSR count). The molecule has 1 aromatic heterocycles. The predicted octanol–water partition coefficient (Wildman–Crippen LogP) is 3.40. The molecule has 0 saturated carbocycles. The van der Waals surface area contributed by atoms with Gasteiger partial charge in [-0.05, 0) is 37.5 Å². The Bertz CT molecular complexity index is 726. The molecule has 9 heteroatoms. The first-order valence-electron chi connectivity index (χ1n) is 9.10. The van der Waals surface area contributed by atoms with E-state index in [9.17, 15) is 14.7 Å². The van der Waals surface area contributed by atoms with E-state index in [-0.39, 0.29) is 24.1 Å². The summed E-state index contributed by atoms with van der Waals surface area (Å²) in [7, 11) is -1.94. The first-order chi connectivity index (χ1) is 12.4. The lowest BCUT2D eigenvalue weighted by Crippen LogP contribution is -2.51. The number of aliphatic hydroxyl groups excluding tert-OH is 1. The second-order valence-electron chi connectivity index (χ2n) is 8.11. The summed E-state index contributed by atoms with van der Waals surface area (Å²) in [5.41, 5.74) is 0.994. The Balaban J connectivity index is 2.15. The van der Waals surface area contributed by atoms with Crippen molar-refractivity contribution in [2.24, 2.45) is 0 Å². The summed E-state index contributed by atoms with van der Waals surface area (Å²) in [6.45, 7) is 15.1. The number of amides is 1. The minimum Gasteiger partial charge on any atom is -0.462 e. The molecule has 0 saturated heterocycles. The van der Waals surface area contributed by atoms with Crippen LogP contribution in [0, 0.1) is 6.92 Å². The first-order valence-corrected chi connectivity index (χ1v) is 12.8. The van der Waals surface area contributed by atoms with Crippen LogP contribution in [0.25, 0.3) is 0 Å². The molecule has 0 bridgehead atoms. The van der Waals surface area contributed by atoms with E-state index in [4.69, 9.17) is 9.16 Å². The Labute approximate surface area is 165 Å². The Hall–Kier alpha value is -1.42. The number of anilines is 1. The number of hydrogen-bond donors (Lipinski definition) is 2. The van der Waals surface area contributed by atoms with E-state index in [0.29, 0.717) is 27.6 Å². The molecule has 1 aromatic rings. The molecule has 2 N–H and O–H groups in total. The Morgan fingerprint density at radius 1 is 1.37 bits per heavy atom. The number of thiophene rings is 1. The second kappa shape index (κ2) is 7.90. The van der Waals surface area contributed by atoms with Crippen molar-refractivity contribution in [1.82, 2.24) is 4.90 Å². The molecule has 27 heavy (non-hydrogen) atoms. The van der Waals surface area contributed by atoms with Crippen molar-refractivity contribution in [1.29, 1.82) is 0 Å². The zero-order valence-corrected chi connectivity index (χ0v) is 19.0. The van der Waals surface area contributed by atoms with E-state index in [1.807, 2.05) is 0 Å². The van der Waals surface area contributed by atoms with Gasteiger partial charge in [-0.1, -0.05) is 20.8 Å². The number of carbonyl (C=O) groups excluding carboxylic acids is 2. The van der Waals surface area contributed by atoms with Crippen LogP contribution in [-0.4, -0.2) is 56.3 Å². The SMILES string of the molecule is CCOC(=O)c1sc2c(c1C)C(=O)N(CCO[Si](C)(C)C(C)(C)C)C(O)N2. The third-order valence-corrected chi connectivity index (χ3v) is 11.0. The number of ether oxygens (including phenoxy) is 1. The molecule has 2 heterocycles. The highest BCUT2D eigenvalue weighted by molar-refractivity contribution is 7.18. The van der Waals surface area contributed by atoms with Crippen LogP contribution in [-0.2, 0) is 9.16 Å². The Morgan fingerprint density at radius 2 is 2.00 bits per heavy atom. The van der Waals surface area contributed by atoms with Crippen LogP contribution in [0.4, 0.5) is 5.00 Å². The monoisotopic (exact) mass is 414 g/mol. The van der Waals surface area contributed by atoms with Crippen LogP contribution in [0.1, 0.15) is 53.3 Å². The van der Waals surface area contributed by atoms with Crippen LogP contribution >= 0.6 is 11.3 Å². The number of fused-ring (bicyclic) bond motifs is 1. The number of rotatable bonds is 6. The molecule has 1 aliphatic heterocycles. The lowest BCUT2D eigenvalue weighted by atomic mass is 10.1. The molecule has 0 aromatic carbocycles. The third kappa shape index (κ3) is 4.36. The number of esters is 1. The van der Waals surface area contributed by atoms with Crippen LogP contribution in [0.2, 0.25) is 18.1 Å². The highest BCUT2D eigenvalue weighted by Crippen LogP contribution is 2.38. The number of hydrogen-bond acceptors (Lipinski definition) is 7. The lowest BCUT2D eigenvalue weighted by Gasteiger charge is -2.38. The van der Waals surface area contributed by atoms with Gasteiger partial charge in [-0.15, -0.1) is 11.3 Å². The molecule has 1 unspecified atom stereocenters. The van der Waals surface area contributed by atoms with E-state index in [1.54, 1.807) is 13.8 Å². The smallest absolute Gasteiger partial charge is 0.348 e. The van der Waals surface area contributed by atoms with Gasteiger partial charge < -0.3 is 19.6 Å². The maximum absolute atomic E-state index is 12.9. The molecule has 1 aliphatic rings. The number of carbonyl (C=O) groups is 2. The quantitative estimate of drug-likeness (QED) is 0.548. The van der Waals surface area contributed by atoms with Crippen LogP contribution < -0.4 is 5.32 Å². The number of nitrogens with one attached hydrogen (secondary N) is 1. The molecular weight excluding hydrogens is 384 g/mol. The van der Waals surface area contributed by atoms with E-state index in [2.05, 4.69) is 39.2 Å². The summed E-state index contributed by atoms with van der Waals surface area (Å²) in [6.07, 6.45) is -1.15. The second-order valence-corrected chi connectivity index (χ2v) is 13.9. The van der Waals surface area contributed by atoms with Gasteiger partial charge >= 0.3 is 5.97 Å². The standard InChI is InChI=1S/C18H30N2O5SSi/c1-8-24-16(22)13-11(2)12-14(26-13)19-17(23)20(15(12)21)9-10-25-27(6,7)18(3,4)5/h17,19,23H,8-10H2,1-7H3. The van der Waals surface area contributed by atoms with Crippen molar-refractivity contribution in [2.75, 3.05) is 25.1 Å². The van der Waals surface area contributed by atoms with Crippen molar-refractivity contribution in [2.45, 2.75) is 59.1 Å². The van der Waals surface area contributed by atoms with Crippen LogP contribution in [0.3, 0.4) is 0 Å². The topological polar surface area (TPSA) is 88.1 Å². The average molecular weight is 415 g/mol. The average Bonchev–Trinajstić information content (AvgIpc) is 2.86. The molecule has 1 amide bonds. The highest BCUT2D eigenvalue weighted by atomic mass is 32.1. The van der Waals surface area contributed by atoms with Gasteiger partial charge in [0.15, 0.2) is 8.32 Å². The third-order valence-electron chi connectivity index (χ3n) is 5.24.